The zero-order chi connectivity index (χ0) is 10.9. The minimum atomic E-state index is 0.0556. The second-order valence-electron chi connectivity index (χ2n) is 5.50. The monoisotopic (exact) mass is 206 g/mol. The summed E-state index contributed by atoms with van der Waals surface area (Å²) in [5.74, 6) is 0.554. The Hall–Kier alpha value is -0.590. The second-order valence-corrected chi connectivity index (χ2v) is 5.50. The highest BCUT2D eigenvalue weighted by atomic mass is 16.1. The summed E-state index contributed by atoms with van der Waals surface area (Å²) in [6.07, 6.45) is 9.01. The van der Waals surface area contributed by atoms with Gasteiger partial charge in [-0.1, -0.05) is 30.4 Å². The van der Waals surface area contributed by atoms with E-state index in [9.17, 15) is 4.79 Å². The molecule has 0 aromatic heterocycles. The molecule has 0 saturated heterocycles. The maximum Gasteiger partial charge on any atom is 0.139 e. The molecule has 2 aliphatic carbocycles. The van der Waals surface area contributed by atoms with Crippen molar-refractivity contribution >= 4 is 5.78 Å². The molecule has 0 unspecified atom stereocenters. The highest BCUT2D eigenvalue weighted by molar-refractivity contribution is 5.86. The standard InChI is InChI=1S/C14H22O/c1-11-6-7-13(15)14(10-12(11)2)8-4-3-5-9-14/h3-10H2,1-2H3. The van der Waals surface area contributed by atoms with Gasteiger partial charge >= 0.3 is 0 Å². The first-order valence-corrected chi connectivity index (χ1v) is 6.33. The molecule has 0 aromatic carbocycles. The van der Waals surface area contributed by atoms with E-state index in [-0.39, 0.29) is 5.41 Å². The lowest BCUT2D eigenvalue weighted by Gasteiger charge is -2.35. The van der Waals surface area contributed by atoms with Crippen molar-refractivity contribution in [1.82, 2.24) is 0 Å². The van der Waals surface area contributed by atoms with Crippen LogP contribution in [0.25, 0.3) is 0 Å². The van der Waals surface area contributed by atoms with E-state index in [1.165, 1.54) is 30.4 Å². The number of ketones is 1. The lowest BCUT2D eigenvalue weighted by atomic mass is 9.68. The number of hydrogen-bond acceptors (Lipinski definition) is 1. The van der Waals surface area contributed by atoms with E-state index in [2.05, 4.69) is 13.8 Å². The first kappa shape index (κ1) is 10.9. The predicted molar refractivity (Wildman–Crippen MR) is 62.8 cm³/mol. The van der Waals surface area contributed by atoms with Crippen LogP contribution in [0.1, 0.15) is 65.2 Å². The molecule has 1 fully saturated rings. The van der Waals surface area contributed by atoms with Crippen LogP contribution in [0.15, 0.2) is 11.1 Å². The fourth-order valence-electron chi connectivity index (χ4n) is 3.22. The first-order chi connectivity index (χ1) is 7.14. The van der Waals surface area contributed by atoms with Gasteiger partial charge in [0.05, 0.1) is 0 Å². The largest absolute Gasteiger partial charge is 0.299 e. The molecule has 1 nitrogen and oxygen atoms in total. The zero-order valence-corrected chi connectivity index (χ0v) is 10.1. The maximum atomic E-state index is 12.3. The van der Waals surface area contributed by atoms with Gasteiger partial charge in [0.15, 0.2) is 0 Å². The topological polar surface area (TPSA) is 17.1 Å². The van der Waals surface area contributed by atoms with Gasteiger partial charge in [-0.2, -0.15) is 0 Å². The molecule has 1 saturated carbocycles. The van der Waals surface area contributed by atoms with E-state index < -0.39 is 0 Å². The minimum absolute atomic E-state index is 0.0556. The summed E-state index contributed by atoms with van der Waals surface area (Å²) in [5.41, 5.74) is 3.01. The Morgan fingerprint density at radius 3 is 2.27 bits per heavy atom. The van der Waals surface area contributed by atoms with E-state index in [1.54, 1.807) is 0 Å². The average molecular weight is 206 g/mol. The molecular weight excluding hydrogens is 184 g/mol. The summed E-state index contributed by atoms with van der Waals surface area (Å²) in [4.78, 5) is 12.3. The van der Waals surface area contributed by atoms with Crippen LogP contribution in [-0.4, -0.2) is 5.78 Å². The van der Waals surface area contributed by atoms with E-state index >= 15 is 0 Å². The van der Waals surface area contributed by atoms with E-state index in [0.29, 0.717) is 5.78 Å². The molecule has 15 heavy (non-hydrogen) atoms. The number of Topliss-reactive ketones (excluding diaryl/α,β-unsaturated/α-hetero) is 1. The molecule has 0 amide bonds. The van der Waals surface area contributed by atoms with Crippen molar-refractivity contribution in [2.24, 2.45) is 5.41 Å². The van der Waals surface area contributed by atoms with E-state index in [1.807, 2.05) is 0 Å². The molecule has 0 aliphatic heterocycles. The van der Waals surface area contributed by atoms with Gasteiger partial charge in [-0.3, -0.25) is 4.79 Å². The fourth-order valence-corrected chi connectivity index (χ4v) is 3.22. The van der Waals surface area contributed by atoms with Crippen molar-refractivity contribution < 1.29 is 4.79 Å². The predicted octanol–water partition coefficient (Wildman–Crippen LogP) is 4.03. The third kappa shape index (κ3) is 2.02. The lowest BCUT2D eigenvalue weighted by molar-refractivity contribution is -0.130. The number of allylic oxidation sites excluding steroid dienone is 2. The molecule has 0 bridgehead atoms. The SMILES string of the molecule is CC1=C(C)CC2(CCCCC2)C(=O)CC1. The first-order valence-electron chi connectivity index (χ1n) is 6.33. The molecule has 1 spiro atoms. The number of carbonyl (C=O) groups is 1. The number of hydrogen-bond donors (Lipinski definition) is 0. The van der Waals surface area contributed by atoms with Crippen LogP contribution in [0.3, 0.4) is 0 Å². The summed E-state index contributed by atoms with van der Waals surface area (Å²) in [7, 11) is 0. The number of carbonyl (C=O) groups excluding carboxylic acids is 1. The van der Waals surface area contributed by atoms with Crippen LogP contribution >= 0.6 is 0 Å². The Morgan fingerprint density at radius 1 is 0.933 bits per heavy atom. The fraction of sp³-hybridized carbons (Fsp3) is 0.786. The molecular formula is C14H22O. The summed E-state index contributed by atoms with van der Waals surface area (Å²) in [6, 6.07) is 0. The molecule has 2 aliphatic rings. The molecule has 0 radical (unpaired) electrons. The highest BCUT2D eigenvalue weighted by Crippen LogP contribution is 2.45. The van der Waals surface area contributed by atoms with Gasteiger partial charge in [0.25, 0.3) is 0 Å². The second kappa shape index (κ2) is 4.11. The van der Waals surface area contributed by atoms with Crippen molar-refractivity contribution in [3.8, 4) is 0 Å². The molecule has 0 atom stereocenters. The van der Waals surface area contributed by atoms with Crippen molar-refractivity contribution in [3.63, 3.8) is 0 Å². The number of rotatable bonds is 0. The molecule has 0 N–H and O–H groups in total. The van der Waals surface area contributed by atoms with Gasteiger partial charge in [0, 0.05) is 11.8 Å². The van der Waals surface area contributed by atoms with E-state index in [4.69, 9.17) is 0 Å². The normalized spacial score (nSPS) is 26.9. The van der Waals surface area contributed by atoms with Crippen molar-refractivity contribution in [3.05, 3.63) is 11.1 Å². The van der Waals surface area contributed by atoms with Crippen molar-refractivity contribution in [2.75, 3.05) is 0 Å². The van der Waals surface area contributed by atoms with Crippen LogP contribution in [0, 0.1) is 5.41 Å². The lowest BCUT2D eigenvalue weighted by Crippen LogP contribution is -2.32. The van der Waals surface area contributed by atoms with Crippen LogP contribution in [0.5, 0.6) is 0 Å². The molecule has 84 valence electrons. The summed E-state index contributed by atoms with van der Waals surface area (Å²) in [6.45, 7) is 4.43. The van der Waals surface area contributed by atoms with Crippen molar-refractivity contribution in [2.45, 2.75) is 65.2 Å². The minimum Gasteiger partial charge on any atom is -0.299 e. The third-order valence-electron chi connectivity index (χ3n) is 4.46. The molecule has 0 aromatic rings. The van der Waals surface area contributed by atoms with Gasteiger partial charge in [0.2, 0.25) is 0 Å². The molecule has 2 rings (SSSR count). The van der Waals surface area contributed by atoms with Crippen LogP contribution < -0.4 is 0 Å². The Labute approximate surface area is 92.9 Å². The Morgan fingerprint density at radius 2 is 1.60 bits per heavy atom. The average Bonchev–Trinajstić information content (AvgIpc) is 2.34. The third-order valence-corrected chi connectivity index (χ3v) is 4.46. The molecule has 0 heterocycles. The summed E-state index contributed by atoms with van der Waals surface area (Å²) < 4.78 is 0. The van der Waals surface area contributed by atoms with Crippen molar-refractivity contribution in [1.29, 1.82) is 0 Å². The van der Waals surface area contributed by atoms with Gasteiger partial charge in [-0.05, 0) is 39.5 Å². The Bertz CT molecular complexity index is 292. The Kier molecular flexibility index (Phi) is 2.99. The highest BCUT2D eigenvalue weighted by Gasteiger charge is 2.39. The summed E-state index contributed by atoms with van der Waals surface area (Å²) >= 11 is 0. The van der Waals surface area contributed by atoms with E-state index in [0.717, 1.165) is 32.1 Å². The van der Waals surface area contributed by atoms with Gasteiger partial charge in [-0.25, -0.2) is 0 Å². The van der Waals surface area contributed by atoms with Crippen LogP contribution in [0.4, 0.5) is 0 Å². The smallest absolute Gasteiger partial charge is 0.139 e. The summed E-state index contributed by atoms with van der Waals surface area (Å²) in [5, 5.41) is 0. The molecule has 1 heteroatoms. The van der Waals surface area contributed by atoms with Gasteiger partial charge in [-0.15, -0.1) is 0 Å². The van der Waals surface area contributed by atoms with Crippen LogP contribution in [0.2, 0.25) is 0 Å². The van der Waals surface area contributed by atoms with Crippen LogP contribution in [-0.2, 0) is 4.79 Å². The zero-order valence-electron chi connectivity index (χ0n) is 10.1. The quantitative estimate of drug-likeness (QED) is 0.547. The van der Waals surface area contributed by atoms with Gasteiger partial charge < -0.3 is 0 Å². The van der Waals surface area contributed by atoms with Gasteiger partial charge in [0.1, 0.15) is 5.78 Å². The Balaban J connectivity index is 2.25. The maximum absolute atomic E-state index is 12.3.